The van der Waals surface area contributed by atoms with Gasteiger partial charge in [-0.15, -0.1) is 0 Å². The zero-order valence-electron chi connectivity index (χ0n) is 18.0. The van der Waals surface area contributed by atoms with Crippen molar-refractivity contribution >= 4 is 11.6 Å². The highest BCUT2D eigenvalue weighted by molar-refractivity contribution is 5.94. The average molecular weight is 408 g/mol. The average Bonchev–Trinajstić information content (AvgIpc) is 2.79. The lowest BCUT2D eigenvalue weighted by Gasteiger charge is -2.30. The third-order valence-corrected chi connectivity index (χ3v) is 6.13. The van der Waals surface area contributed by atoms with Crippen molar-refractivity contribution in [1.82, 2.24) is 10.2 Å². The SMILES string of the molecule is CC1CCCN(Cc2ccc(C(=O)NCc3ccc(N4CCOCC4)cc3)cc2)C1. The highest BCUT2D eigenvalue weighted by atomic mass is 16.5. The van der Waals surface area contributed by atoms with E-state index in [1.807, 2.05) is 12.1 Å². The normalized spacial score (nSPS) is 20.2. The van der Waals surface area contributed by atoms with Gasteiger partial charge in [0, 0.05) is 44.0 Å². The Kier molecular flexibility index (Phi) is 7.03. The molecule has 160 valence electrons. The molecule has 2 aromatic carbocycles. The minimum atomic E-state index is -0.0228. The maximum absolute atomic E-state index is 12.5. The van der Waals surface area contributed by atoms with Gasteiger partial charge in [0.15, 0.2) is 0 Å². The van der Waals surface area contributed by atoms with E-state index in [1.165, 1.54) is 37.2 Å². The van der Waals surface area contributed by atoms with Gasteiger partial charge in [0.1, 0.15) is 0 Å². The molecule has 2 aromatic rings. The quantitative estimate of drug-likeness (QED) is 0.793. The molecule has 1 amide bonds. The van der Waals surface area contributed by atoms with Crippen LogP contribution in [0.4, 0.5) is 5.69 Å². The monoisotopic (exact) mass is 407 g/mol. The summed E-state index contributed by atoms with van der Waals surface area (Å²) in [5.41, 5.74) is 4.32. The number of nitrogens with zero attached hydrogens (tertiary/aromatic N) is 2. The molecule has 1 unspecified atom stereocenters. The summed E-state index contributed by atoms with van der Waals surface area (Å²) >= 11 is 0. The lowest BCUT2D eigenvalue weighted by atomic mass is 9.99. The maximum atomic E-state index is 12.5. The zero-order chi connectivity index (χ0) is 20.8. The van der Waals surface area contributed by atoms with Gasteiger partial charge in [-0.05, 0) is 60.7 Å². The molecular formula is C25H33N3O2. The summed E-state index contributed by atoms with van der Waals surface area (Å²) in [6, 6.07) is 16.5. The van der Waals surface area contributed by atoms with E-state index < -0.39 is 0 Å². The van der Waals surface area contributed by atoms with Gasteiger partial charge in [0.05, 0.1) is 13.2 Å². The number of anilines is 1. The molecular weight excluding hydrogens is 374 g/mol. The Hall–Kier alpha value is -2.37. The van der Waals surface area contributed by atoms with Crippen LogP contribution in [0, 0.1) is 5.92 Å². The molecule has 2 aliphatic rings. The van der Waals surface area contributed by atoms with Crippen LogP contribution in [0.1, 0.15) is 41.3 Å². The number of hydrogen-bond donors (Lipinski definition) is 1. The molecule has 2 saturated heterocycles. The minimum Gasteiger partial charge on any atom is -0.378 e. The van der Waals surface area contributed by atoms with Gasteiger partial charge in [-0.25, -0.2) is 0 Å². The van der Waals surface area contributed by atoms with E-state index in [-0.39, 0.29) is 5.91 Å². The number of likely N-dealkylation sites (tertiary alicyclic amines) is 1. The van der Waals surface area contributed by atoms with Crippen LogP contribution < -0.4 is 10.2 Å². The third kappa shape index (κ3) is 5.61. The second kappa shape index (κ2) is 10.1. The number of hydrogen-bond acceptors (Lipinski definition) is 4. The molecule has 1 N–H and O–H groups in total. The molecule has 5 heteroatoms. The molecule has 0 radical (unpaired) electrons. The Morgan fingerprint density at radius 1 is 1.00 bits per heavy atom. The number of ether oxygens (including phenoxy) is 1. The minimum absolute atomic E-state index is 0.0228. The van der Waals surface area contributed by atoms with Gasteiger partial charge >= 0.3 is 0 Å². The highest BCUT2D eigenvalue weighted by Gasteiger charge is 2.16. The van der Waals surface area contributed by atoms with Gasteiger partial charge in [0.25, 0.3) is 5.91 Å². The van der Waals surface area contributed by atoms with Crippen molar-refractivity contribution in [3.05, 3.63) is 65.2 Å². The Balaban J connectivity index is 1.26. The number of rotatable bonds is 6. The van der Waals surface area contributed by atoms with Gasteiger partial charge in [-0.3, -0.25) is 9.69 Å². The Morgan fingerprint density at radius 3 is 2.40 bits per heavy atom. The molecule has 2 fully saturated rings. The van der Waals surface area contributed by atoms with Crippen molar-refractivity contribution in [2.45, 2.75) is 32.9 Å². The number of carbonyl (C=O) groups is 1. The summed E-state index contributed by atoms with van der Waals surface area (Å²) in [5.74, 6) is 0.761. The molecule has 30 heavy (non-hydrogen) atoms. The van der Waals surface area contributed by atoms with Crippen molar-refractivity contribution in [2.75, 3.05) is 44.3 Å². The smallest absolute Gasteiger partial charge is 0.251 e. The second-order valence-corrected chi connectivity index (χ2v) is 8.63. The van der Waals surface area contributed by atoms with Crippen molar-refractivity contribution in [3.8, 4) is 0 Å². The number of carbonyl (C=O) groups excluding carboxylic acids is 1. The predicted octanol–water partition coefficient (Wildman–Crippen LogP) is 3.69. The Labute approximate surface area is 180 Å². The van der Waals surface area contributed by atoms with Crippen LogP contribution >= 0.6 is 0 Å². The van der Waals surface area contributed by atoms with Gasteiger partial charge < -0.3 is 15.0 Å². The Morgan fingerprint density at radius 2 is 1.70 bits per heavy atom. The summed E-state index contributed by atoms with van der Waals surface area (Å²) < 4.78 is 5.41. The maximum Gasteiger partial charge on any atom is 0.251 e. The lowest BCUT2D eigenvalue weighted by molar-refractivity contribution is 0.0951. The number of amides is 1. The van der Waals surface area contributed by atoms with Crippen molar-refractivity contribution in [2.24, 2.45) is 5.92 Å². The summed E-state index contributed by atoms with van der Waals surface area (Å²) in [4.78, 5) is 17.4. The lowest BCUT2D eigenvalue weighted by Crippen LogP contribution is -2.36. The first-order valence-electron chi connectivity index (χ1n) is 11.2. The first-order valence-corrected chi connectivity index (χ1v) is 11.2. The molecule has 0 aliphatic carbocycles. The predicted molar refractivity (Wildman–Crippen MR) is 121 cm³/mol. The van der Waals surface area contributed by atoms with Crippen molar-refractivity contribution in [3.63, 3.8) is 0 Å². The number of nitrogens with one attached hydrogen (secondary N) is 1. The number of benzene rings is 2. The summed E-state index contributed by atoms with van der Waals surface area (Å²) in [5, 5.41) is 3.04. The number of morpholine rings is 1. The fourth-order valence-electron chi connectivity index (χ4n) is 4.38. The van der Waals surface area contributed by atoms with E-state index in [2.05, 4.69) is 58.4 Å². The van der Waals surface area contributed by atoms with Crippen LogP contribution in [0.25, 0.3) is 0 Å². The van der Waals surface area contributed by atoms with Crippen molar-refractivity contribution in [1.29, 1.82) is 0 Å². The molecule has 0 saturated carbocycles. The Bertz CT molecular complexity index is 813. The summed E-state index contributed by atoms with van der Waals surface area (Å²) in [6.07, 6.45) is 2.63. The molecule has 5 nitrogen and oxygen atoms in total. The highest BCUT2D eigenvalue weighted by Crippen LogP contribution is 2.19. The van der Waals surface area contributed by atoms with Crippen LogP contribution in [-0.4, -0.2) is 50.2 Å². The standard InChI is InChI=1S/C25H33N3O2/c1-20-3-2-12-27(18-20)19-22-4-8-23(9-5-22)25(29)26-17-21-6-10-24(11-7-21)28-13-15-30-16-14-28/h4-11,20H,2-3,12-19H2,1H3,(H,26,29). The van der Waals surface area contributed by atoms with Crippen LogP contribution in [-0.2, 0) is 17.8 Å². The third-order valence-electron chi connectivity index (χ3n) is 6.13. The molecule has 0 bridgehead atoms. The van der Waals surface area contributed by atoms with E-state index in [9.17, 15) is 4.79 Å². The van der Waals surface area contributed by atoms with Crippen molar-refractivity contribution < 1.29 is 9.53 Å². The van der Waals surface area contributed by atoms with E-state index in [0.29, 0.717) is 6.54 Å². The van der Waals surface area contributed by atoms with Crippen LogP contribution in [0.3, 0.4) is 0 Å². The van der Waals surface area contributed by atoms with Crippen LogP contribution in [0.15, 0.2) is 48.5 Å². The summed E-state index contributed by atoms with van der Waals surface area (Å²) in [6.45, 7) is 9.63. The second-order valence-electron chi connectivity index (χ2n) is 8.63. The topological polar surface area (TPSA) is 44.8 Å². The fraction of sp³-hybridized carbons (Fsp3) is 0.480. The van der Waals surface area contributed by atoms with Crippen LogP contribution in [0.5, 0.6) is 0 Å². The molecule has 2 aliphatic heterocycles. The molecule has 1 atom stereocenters. The van der Waals surface area contributed by atoms with E-state index in [4.69, 9.17) is 4.74 Å². The van der Waals surface area contributed by atoms with Gasteiger partial charge in [-0.1, -0.05) is 31.2 Å². The molecule has 4 rings (SSSR count). The number of piperidine rings is 1. The molecule has 0 aromatic heterocycles. The van der Waals surface area contributed by atoms with Gasteiger partial charge in [0.2, 0.25) is 0 Å². The molecule has 0 spiro atoms. The first kappa shape index (κ1) is 20.9. The largest absolute Gasteiger partial charge is 0.378 e. The van der Waals surface area contributed by atoms with Crippen LogP contribution in [0.2, 0.25) is 0 Å². The van der Waals surface area contributed by atoms with E-state index >= 15 is 0 Å². The fourth-order valence-corrected chi connectivity index (χ4v) is 4.38. The summed E-state index contributed by atoms with van der Waals surface area (Å²) in [7, 11) is 0. The van der Waals surface area contributed by atoms with Gasteiger partial charge in [-0.2, -0.15) is 0 Å². The molecule has 2 heterocycles. The van der Waals surface area contributed by atoms with E-state index in [0.717, 1.165) is 49.9 Å². The first-order chi connectivity index (χ1) is 14.7. The van der Waals surface area contributed by atoms with E-state index in [1.54, 1.807) is 0 Å². The zero-order valence-corrected chi connectivity index (χ0v) is 18.0.